The van der Waals surface area contributed by atoms with Crippen molar-refractivity contribution in [2.24, 2.45) is 52.3 Å². The van der Waals surface area contributed by atoms with Crippen LogP contribution in [0.15, 0.2) is 0 Å². The lowest BCUT2D eigenvalue weighted by Gasteiger charge is -2.38. The number of carbonyl (C=O) groups excluding carboxylic acids is 1. The molecule has 30 heavy (non-hydrogen) atoms. The van der Waals surface area contributed by atoms with Gasteiger partial charge in [-0.2, -0.15) is 0 Å². The van der Waals surface area contributed by atoms with Gasteiger partial charge in [-0.1, -0.05) is 89.0 Å². The van der Waals surface area contributed by atoms with Crippen molar-refractivity contribution in [2.45, 2.75) is 115 Å². The Hall–Kier alpha value is -0.530. The van der Waals surface area contributed by atoms with Gasteiger partial charge in [0.05, 0.1) is 12.5 Å². The Labute approximate surface area is 189 Å². The van der Waals surface area contributed by atoms with Crippen LogP contribution >= 0.6 is 0 Å². The normalized spacial score (nSPS) is 28.6. The molecule has 7 unspecified atom stereocenters. The van der Waals surface area contributed by atoms with Gasteiger partial charge in [0.1, 0.15) is 0 Å². The molecule has 7 atom stereocenters. The van der Waals surface area contributed by atoms with Crippen LogP contribution in [-0.4, -0.2) is 12.6 Å². The molecule has 1 rings (SSSR count). The van der Waals surface area contributed by atoms with Crippen LogP contribution < -0.4 is 0 Å². The van der Waals surface area contributed by atoms with Crippen molar-refractivity contribution in [1.29, 1.82) is 0 Å². The molecule has 1 saturated carbocycles. The molecule has 1 aliphatic rings. The molecule has 0 bridgehead atoms. The Morgan fingerprint density at radius 2 is 1.40 bits per heavy atom. The fraction of sp³-hybridized carbons (Fsp3) is 0.964. The minimum absolute atomic E-state index is 0.0669. The van der Waals surface area contributed by atoms with Crippen molar-refractivity contribution in [3.05, 3.63) is 0 Å². The minimum Gasteiger partial charge on any atom is -0.465 e. The van der Waals surface area contributed by atoms with Crippen molar-refractivity contribution in [1.82, 2.24) is 0 Å². The van der Waals surface area contributed by atoms with E-state index in [0.29, 0.717) is 52.9 Å². The molecule has 0 aromatic heterocycles. The van der Waals surface area contributed by atoms with Crippen molar-refractivity contribution < 1.29 is 9.53 Å². The summed E-state index contributed by atoms with van der Waals surface area (Å²) in [4.78, 5) is 13.1. The van der Waals surface area contributed by atoms with Crippen molar-refractivity contribution in [2.75, 3.05) is 6.61 Å². The molecule has 0 aliphatic heterocycles. The third-order valence-electron chi connectivity index (χ3n) is 7.60. The predicted molar refractivity (Wildman–Crippen MR) is 130 cm³/mol. The molecule has 0 spiro atoms. The highest BCUT2D eigenvalue weighted by Crippen LogP contribution is 2.39. The van der Waals surface area contributed by atoms with Gasteiger partial charge < -0.3 is 4.74 Å². The molecule has 0 amide bonds. The molecular weight excluding hydrogens is 368 g/mol. The second-order valence-corrected chi connectivity index (χ2v) is 13.5. The standard InChI is InChI=1S/C28H54O2/c1-19(16-27(6,7)8)12-15-24(22(4)17-28(9,10)11)18-30-26(29)25-21(3)14-13-20(2)23(25)5/h19-25H,12-18H2,1-11H3. The van der Waals surface area contributed by atoms with Crippen LogP contribution in [-0.2, 0) is 9.53 Å². The van der Waals surface area contributed by atoms with E-state index in [1.165, 1.54) is 25.7 Å². The van der Waals surface area contributed by atoms with E-state index in [-0.39, 0.29) is 11.9 Å². The van der Waals surface area contributed by atoms with Crippen LogP contribution in [0.3, 0.4) is 0 Å². The quantitative estimate of drug-likeness (QED) is 0.349. The first-order valence-electron chi connectivity index (χ1n) is 12.8. The zero-order valence-corrected chi connectivity index (χ0v) is 22.3. The summed E-state index contributed by atoms with van der Waals surface area (Å²) in [5.74, 6) is 3.38. The van der Waals surface area contributed by atoms with Gasteiger partial charge in [-0.15, -0.1) is 0 Å². The largest absolute Gasteiger partial charge is 0.465 e. The zero-order chi connectivity index (χ0) is 23.3. The topological polar surface area (TPSA) is 26.3 Å². The number of hydrogen-bond acceptors (Lipinski definition) is 2. The van der Waals surface area contributed by atoms with E-state index in [1.807, 2.05) is 0 Å². The first-order chi connectivity index (χ1) is 13.6. The Bertz CT molecular complexity index is 510. The van der Waals surface area contributed by atoms with Crippen LogP contribution in [0.4, 0.5) is 0 Å². The third kappa shape index (κ3) is 9.73. The van der Waals surface area contributed by atoms with E-state index >= 15 is 0 Å². The molecule has 0 heterocycles. The molecule has 0 aromatic carbocycles. The summed E-state index contributed by atoms with van der Waals surface area (Å²) in [7, 11) is 0. The highest BCUT2D eigenvalue weighted by molar-refractivity contribution is 5.73. The lowest BCUT2D eigenvalue weighted by molar-refractivity contribution is -0.157. The van der Waals surface area contributed by atoms with E-state index in [0.717, 1.165) is 12.8 Å². The minimum atomic E-state index is 0.0669. The lowest BCUT2D eigenvalue weighted by Crippen LogP contribution is -2.38. The zero-order valence-electron chi connectivity index (χ0n) is 22.3. The Kier molecular flexibility index (Phi) is 10.4. The summed E-state index contributed by atoms with van der Waals surface area (Å²) in [6, 6.07) is 0. The number of carbonyl (C=O) groups is 1. The van der Waals surface area contributed by atoms with Gasteiger partial charge in [-0.25, -0.2) is 0 Å². The van der Waals surface area contributed by atoms with Gasteiger partial charge in [0, 0.05) is 0 Å². The maximum absolute atomic E-state index is 13.1. The van der Waals surface area contributed by atoms with Gasteiger partial charge in [0.25, 0.3) is 0 Å². The number of rotatable bonds is 9. The molecule has 0 radical (unpaired) electrons. The number of hydrogen-bond donors (Lipinski definition) is 0. The maximum Gasteiger partial charge on any atom is 0.309 e. The predicted octanol–water partition coefficient (Wildman–Crippen LogP) is 8.39. The van der Waals surface area contributed by atoms with Gasteiger partial charge in [-0.3, -0.25) is 4.79 Å². The first-order valence-corrected chi connectivity index (χ1v) is 12.8. The molecule has 178 valence electrons. The fourth-order valence-corrected chi connectivity index (χ4v) is 5.88. The molecule has 2 nitrogen and oxygen atoms in total. The van der Waals surface area contributed by atoms with Crippen LogP contribution in [0.2, 0.25) is 0 Å². The molecule has 0 N–H and O–H groups in total. The summed E-state index contributed by atoms with van der Waals surface area (Å²) < 4.78 is 6.06. The maximum atomic E-state index is 13.1. The SMILES string of the molecule is CC(CCC(COC(=O)C1C(C)CCC(C)C1C)C(C)CC(C)(C)C)CC(C)(C)C. The number of esters is 1. The second kappa shape index (κ2) is 11.4. The Morgan fingerprint density at radius 3 is 1.93 bits per heavy atom. The van der Waals surface area contributed by atoms with E-state index in [2.05, 4.69) is 76.2 Å². The van der Waals surface area contributed by atoms with Crippen LogP contribution in [0.25, 0.3) is 0 Å². The fourth-order valence-electron chi connectivity index (χ4n) is 5.88. The molecule has 2 heteroatoms. The summed E-state index contributed by atoms with van der Waals surface area (Å²) in [5, 5.41) is 0. The Balaban J connectivity index is 2.75. The molecule has 0 saturated heterocycles. The van der Waals surface area contributed by atoms with E-state index < -0.39 is 0 Å². The molecule has 0 aromatic rings. The lowest BCUT2D eigenvalue weighted by atomic mass is 9.68. The van der Waals surface area contributed by atoms with Crippen LogP contribution in [0.5, 0.6) is 0 Å². The van der Waals surface area contributed by atoms with Crippen molar-refractivity contribution in [3.63, 3.8) is 0 Å². The highest BCUT2D eigenvalue weighted by atomic mass is 16.5. The smallest absolute Gasteiger partial charge is 0.309 e. The van der Waals surface area contributed by atoms with Gasteiger partial charge in [0.2, 0.25) is 0 Å². The first kappa shape index (κ1) is 27.5. The summed E-state index contributed by atoms with van der Waals surface area (Å²) in [6.45, 7) is 26.1. The van der Waals surface area contributed by atoms with E-state index in [1.54, 1.807) is 0 Å². The molecular formula is C28H54O2. The third-order valence-corrected chi connectivity index (χ3v) is 7.60. The average molecular weight is 423 g/mol. The van der Waals surface area contributed by atoms with Crippen LogP contribution in [0, 0.1) is 52.3 Å². The summed E-state index contributed by atoms with van der Waals surface area (Å²) >= 11 is 0. The highest BCUT2D eigenvalue weighted by Gasteiger charge is 2.38. The monoisotopic (exact) mass is 422 g/mol. The summed E-state index contributed by atoms with van der Waals surface area (Å²) in [6.07, 6.45) is 7.20. The van der Waals surface area contributed by atoms with Crippen molar-refractivity contribution in [3.8, 4) is 0 Å². The average Bonchev–Trinajstić information content (AvgIpc) is 2.55. The van der Waals surface area contributed by atoms with Gasteiger partial charge >= 0.3 is 5.97 Å². The second-order valence-electron chi connectivity index (χ2n) is 13.5. The molecule has 1 aliphatic carbocycles. The number of ether oxygens (including phenoxy) is 1. The van der Waals surface area contributed by atoms with Gasteiger partial charge in [-0.05, 0) is 72.0 Å². The van der Waals surface area contributed by atoms with Gasteiger partial charge in [0.15, 0.2) is 0 Å². The van der Waals surface area contributed by atoms with E-state index in [9.17, 15) is 4.79 Å². The van der Waals surface area contributed by atoms with Crippen LogP contribution in [0.1, 0.15) is 115 Å². The van der Waals surface area contributed by atoms with Crippen molar-refractivity contribution >= 4 is 5.97 Å². The molecule has 1 fully saturated rings. The Morgan fingerprint density at radius 1 is 0.867 bits per heavy atom. The summed E-state index contributed by atoms with van der Waals surface area (Å²) in [5.41, 5.74) is 0.683. The van der Waals surface area contributed by atoms with E-state index in [4.69, 9.17) is 4.74 Å².